The molecule has 2 aliphatic heterocycles. The van der Waals surface area contributed by atoms with Gasteiger partial charge < -0.3 is 19.5 Å². The fourth-order valence-electron chi connectivity index (χ4n) is 6.42. The first kappa shape index (κ1) is 21.2. The first-order chi connectivity index (χ1) is 16.1. The molecule has 3 fully saturated rings. The number of benzene rings is 1. The van der Waals surface area contributed by atoms with Crippen molar-refractivity contribution in [2.45, 2.75) is 57.4 Å². The first-order valence-electron chi connectivity index (χ1n) is 12.9. The van der Waals surface area contributed by atoms with Gasteiger partial charge in [0.1, 0.15) is 0 Å². The number of carbonyl (C=O) groups is 2. The van der Waals surface area contributed by atoms with Crippen molar-refractivity contribution < 1.29 is 14.3 Å². The van der Waals surface area contributed by atoms with E-state index < -0.39 is 0 Å². The van der Waals surface area contributed by atoms with Gasteiger partial charge in [0.05, 0.1) is 5.92 Å². The molecular formula is C27H35N3O3. The fraction of sp³-hybridized carbons (Fsp3) is 0.630. The number of aromatic nitrogens is 1. The van der Waals surface area contributed by atoms with Crippen LogP contribution >= 0.6 is 0 Å². The number of carbonyl (C=O) groups excluding carboxylic acids is 2. The first-order valence-corrected chi connectivity index (χ1v) is 12.9. The molecule has 2 amide bonds. The zero-order valence-electron chi connectivity index (χ0n) is 19.6. The smallest absolute Gasteiger partial charge is 0.253 e. The van der Waals surface area contributed by atoms with Gasteiger partial charge in [0, 0.05) is 61.6 Å². The number of ether oxygens (including phenoxy) is 1. The van der Waals surface area contributed by atoms with Crippen molar-refractivity contribution in [3.05, 3.63) is 35.0 Å². The molecule has 2 atom stereocenters. The molecule has 2 unspecified atom stereocenters. The molecule has 6 heteroatoms. The number of likely N-dealkylation sites (tertiary alicyclic amines) is 1. The van der Waals surface area contributed by atoms with Crippen molar-refractivity contribution in [2.24, 2.45) is 24.8 Å². The van der Waals surface area contributed by atoms with Gasteiger partial charge in [0.2, 0.25) is 5.91 Å². The molecule has 2 aromatic rings. The molecule has 1 saturated carbocycles. The van der Waals surface area contributed by atoms with Crippen LogP contribution in [0.4, 0.5) is 0 Å². The van der Waals surface area contributed by atoms with Crippen LogP contribution in [0, 0.1) is 17.8 Å². The number of amides is 2. The Morgan fingerprint density at radius 3 is 2.64 bits per heavy atom. The van der Waals surface area contributed by atoms with E-state index in [2.05, 4.69) is 29.1 Å². The quantitative estimate of drug-likeness (QED) is 0.778. The van der Waals surface area contributed by atoms with Gasteiger partial charge >= 0.3 is 0 Å². The predicted molar refractivity (Wildman–Crippen MR) is 127 cm³/mol. The minimum atomic E-state index is -0.0667. The summed E-state index contributed by atoms with van der Waals surface area (Å²) < 4.78 is 7.94. The third-order valence-corrected chi connectivity index (χ3v) is 8.60. The van der Waals surface area contributed by atoms with E-state index in [0.29, 0.717) is 19.1 Å². The zero-order valence-corrected chi connectivity index (χ0v) is 19.6. The highest BCUT2D eigenvalue weighted by atomic mass is 16.5. The number of hydrogen-bond acceptors (Lipinski definition) is 3. The fourth-order valence-corrected chi connectivity index (χ4v) is 6.42. The van der Waals surface area contributed by atoms with E-state index >= 15 is 0 Å². The van der Waals surface area contributed by atoms with Crippen molar-refractivity contribution >= 4 is 22.7 Å². The largest absolute Gasteiger partial charge is 0.381 e. The summed E-state index contributed by atoms with van der Waals surface area (Å²) >= 11 is 0. The Hall–Kier alpha value is -2.34. The lowest BCUT2D eigenvalue weighted by Crippen LogP contribution is -2.35. The summed E-state index contributed by atoms with van der Waals surface area (Å²) in [5.74, 6) is 1.60. The maximum Gasteiger partial charge on any atom is 0.253 e. The number of aryl methyl sites for hydroxylation is 1. The molecule has 0 bridgehead atoms. The Morgan fingerprint density at radius 2 is 1.85 bits per heavy atom. The van der Waals surface area contributed by atoms with E-state index in [1.54, 1.807) is 0 Å². The molecule has 1 aromatic carbocycles. The Kier molecular flexibility index (Phi) is 5.44. The number of nitrogens with one attached hydrogen (secondary N) is 1. The summed E-state index contributed by atoms with van der Waals surface area (Å²) in [7, 11) is 2.17. The van der Waals surface area contributed by atoms with Gasteiger partial charge in [-0.2, -0.15) is 0 Å². The van der Waals surface area contributed by atoms with Crippen molar-refractivity contribution in [2.75, 3.05) is 26.3 Å². The molecule has 176 valence electrons. The van der Waals surface area contributed by atoms with Crippen molar-refractivity contribution in [1.82, 2.24) is 14.8 Å². The number of rotatable bonds is 4. The maximum absolute atomic E-state index is 13.4. The topological polar surface area (TPSA) is 63.6 Å². The van der Waals surface area contributed by atoms with Gasteiger partial charge in [-0.1, -0.05) is 0 Å². The maximum atomic E-state index is 13.4. The number of nitrogens with zero attached hydrogens (tertiary/aromatic N) is 2. The molecule has 2 aliphatic carbocycles. The molecule has 2 saturated heterocycles. The summed E-state index contributed by atoms with van der Waals surface area (Å²) in [6.45, 7) is 3.00. The van der Waals surface area contributed by atoms with Gasteiger partial charge in [-0.3, -0.25) is 9.59 Å². The Bertz CT molecular complexity index is 1080. The lowest BCUT2D eigenvalue weighted by molar-refractivity contribution is -0.124. The second-order valence-electron chi connectivity index (χ2n) is 10.7. The second kappa shape index (κ2) is 8.46. The highest BCUT2D eigenvalue weighted by molar-refractivity contribution is 6.00. The molecular weight excluding hydrogens is 414 g/mol. The summed E-state index contributed by atoms with van der Waals surface area (Å²) in [6.07, 6.45) is 8.80. The van der Waals surface area contributed by atoms with E-state index in [0.717, 1.165) is 62.7 Å². The molecule has 4 aliphatic rings. The molecule has 1 N–H and O–H groups in total. The summed E-state index contributed by atoms with van der Waals surface area (Å²) in [5.41, 5.74) is 4.88. The van der Waals surface area contributed by atoms with E-state index in [1.807, 2.05) is 11.0 Å². The van der Waals surface area contributed by atoms with E-state index in [4.69, 9.17) is 4.74 Å². The van der Waals surface area contributed by atoms with Crippen LogP contribution in [-0.2, 0) is 29.4 Å². The zero-order chi connectivity index (χ0) is 22.5. The van der Waals surface area contributed by atoms with Crippen molar-refractivity contribution in [3.63, 3.8) is 0 Å². The van der Waals surface area contributed by atoms with E-state index in [-0.39, 0.29) is 17.7 Å². The molecule has 0 spiro atoms. The highest BCUT2D eigenvalue weighted by Crippen LogP contribution is 2.39. The minimum Gasteiger partial charge on any atom is -0.381 e. The van der Waals surface area contributed by atoms with Crippen molar-refractivity contribution in [1.29, 1.82) is 0 Å². The van der Waals surface area contributed by atoms with E-state index in [1.165, 1.54) is 41.4 Å². The number of fused-ring (bicyclic) bond motifs is 3. The van der Waals surface area contributed by atoms with Gasteiger partial charge in [0.25, 0.3) is 5.91 Å². The monoisotopic (exact) mass is 449 g/mol. The van der Waals surface area contributed by atoms with E-state index in [9.17, 15) is 9.59 Å². The molecule has 33 heavy (non-hydrogen) atoms. The van der Waals surface area contributed by atoms with Crippen LogP contribution in [0.5, 0.6) is 0 Å². The van der Waals surface area contributed by atoms with Crippen LogP contribution in [0.25, 0.3) is 10.9 Å². The lowest BCUT2D eigenvalue weighted by Gasteiger charge is -2.33. The van der Waals surface area contributed by atoms with Gasteiger partial charge in [-0.05, 0) is 87.0 Å². The normalized spacial score (nSPS) is 25.9. The Labute approximate surface area is 195 Å². The molecule has 6 rings (SSSR count). The van der Waals surface area contributed by atoms with Crippen LogP contribution in [-0.4, -0.2) is 53.6 Å². The van der Waals surface area contributed by atoms with Gasteiger partial charge in [0.15, 0.2) is 0 Å². The Balaban J connectivity index is 1.22. The Morgan fingerprint density at radius 1 is 1.03 bits per heavy atom. The lowest BCUT2D eigenvalue weighted by atomic mass is 9.75. The van der Waals surface area contributed by atoms with Crippen LogP contribution in [0.1, 0.15) is 60.1 Å². The highest BCUT2D eigenvalue weighted by Gasteiger charge is 2.35. The summed E-state index contributed by atoms with van der Waals surface area (Å²) in [4.78, 5) is 27.7. The summed E-state index contributed by atoms with van der Waals surface area (Å²) in [5, 5.41) is 4.35. The SMILES string of the molecule is Cn1c2c(c3cc(C(=O)N4CCC(C(=O)NC5CC5)C4)ccc31)CC(C1CCOCC1)CC2. The minimum absolute atomic E-state index is 0.0630. The van der Waals surface area contributed by atoms with Crippen LogP contribution in [0.15, 0.2) is 18.2 Å². The number of hydrogen-bond donors (Lipinski definition) is 1. The molecule has 0 radical (unpaired) electrons. The average Bonchev–Trinajstić information content (AvgIpc) is 3.45. The van der Waals surface area contributed by atoms with Gasteiger partial charge in [-0.25, -0.2) is 0 Å². The third-order valence-electron chi connectivity index (χ3n) is 8.60. The molecule has 3 heterocycles. The second-order valence-corrected chi connectivity index (χ2v) is 10.7. The molecule has 6 nitrogen and oxygen atoms in total. The molecule has 1 aromatic heterocycles. The van der Waals surface area contributed by atoms with Crippen molar-refractivity contribution in [3.8, 4) is 0 Å². The standard InChI is InChI=1S/C27H35N3O3/c1-29-24-6-2-18(17-9-12-33-13-10-17)14-22(24)23-15-19(3-7-25(23)29)27(32)30-11-8-20(16-30)26(31)28-21-4-5-21/h3,7,15,17-18,20-21H,2,4-6,8-14,16H2,1H3,(H,28,31). The predicted octanol–water partition coefficient (Wildman–Crippen LogP) is 3.45. The van der Waals surface area contributed by atoms with Crippen LogP contribution in [0.2, 0.25) is 0 Å². The summed E-state index contributed by atoms with van der Waals surface area (Å²) in [6, 6.07) is 6.60. The van der Waals surface area contributed by atoms with Gasteiger partial charge in [-0.15, -0.1) is 0 Å². The van der Waals surface area contributed by atoms with Crippen LogP contribution in [0.3, 0.4) is 0 Å². The third kappa shape index (κ3) is 3.96. The van der Waals surface area contributed by atoms with Crippen LogP contribution < -0.4 is 5.32 Å². The average molecular weight is 450 g/mol.